The van der Waals surface area contributed by atoms with E-state index in [1.54, 1.807) is 0 Å². The molecule has 0 N–H and O–H groups in total. The summed E-state index contributed by atoms with van der Waals surface area (Å²) in [5.74, 6) is 0.0725. The van der Waals surface area contributed by atoms with Crippen molar-refractivity contribution in [3.63, 3.8) is 0 Å². The molecule has 178 valence electrons. The third kappa shape index (κ3) is 5.88. The predicted molar refractivity (Wildman–Crippen MR) is 142 cm³/mol. The molecule has 0 saturated carbocycles. The average molecular weight is 464 g/mol. The normalized spacial score (nSPS) is 13.8. The van der Waals surface area contributed by atoms with E-state index in [0.29, 0.717) is 18.7 Å². The first-order valence-corrected chi connectivity index (χ1v) is 12.5. The van der Waals surface area contributed by atoms with Crippen LogP contribution in [0.5, 0.6) is 0 Å². The van der Waals surface area contributed by atoms with E-state index in [-0.39, 0.29) is 5.91 Å². The number of carbonyl (C=O) groups is 1. The van der Waals surface area contributed by atoms with Crippen LogP contribution in [0.25, 0.3) is 5.57 Å². The van der Waals surface area contributed by atoms with Gasteiger partial charge in [-0.25, -0.2) is 0 Å². The maximum Gasteiger partial charge on any atom is 0.253 e. The molecule has 1 amide bonds. The number of rotatable bonds is 7. The molecule has 3 aromatic rings. The van der Waals surface area contributed by atoms with Crippen LogP contribution in [0.1, 0.15) is 59.3 Å². The molecule has 1 heterocycles. The minimum atomic E-state index is 0.0725. The topological polar surface area (TPSA) is 47.3 Å². The monoisotopic (exact) mass is 463 g/mol. The van der Waals surface area contributed by atoms with Crippen LogP contribution in [-0.2, 0) is 6.54 Å². The van der Waals surface area contributed by atoms with Gasteiger partial charge >= 0.3 is 0 Å². The van der Waals surface area contributed by atoms with Gasteiger partial charge in [-0.1, -0.05) is 60.2 Å². The zero-order valence-electron chi connectivity index (χ0n) is 20.7. The summed E-state index contributed by atoms with van der Waals surface area (Å²) in [6, 6.07) is 28.8. The van der Waals surface area contributed by atoms with Gasteiger partial charge in [-0.05, 0) is 73.2 Å². The number of hydrogen-bond donors (Lipinski definition) is 0. The summed E-state index contributed by atoms with van der Waals surface area (Å²) < 4.78 is 0. The first-order chi connectivity index (χ1) is 17.1. The Labute approximate surface area is 209 Å². The molecule has 1 fully saturated rings. The Morgan fingerprint density at radius 1 is 0.829 bits per heavy atom. The molecule has 35 heavy (non-hydrogen) atoms. The Morgan fingerprint density at radius 2 is 1.37 bits per heavy atom. The summed E-state index contributed by atoms with van der Waals surface area (Å²) in [5, 5.41) is 9.25. The molecular weight excluding hydrogens is 430 g/mol. The van der Waals surface area contributed by atoms with Crippen molar-refractivity contribution in [3.8, 4) is 6.07 Å². The van der Waals surface area contributed by atoms with E-state index < -0.39 is 0 Å². The molecule has 0 aliphatic carbocycles. The smallest absolute Gasteiger partial charge is 0.253 e. The predicted octanol–water partition coefficient (Wildman–Crippen LogP) is 6.14. The second-order valence-electron chi connectivity index (χ2n) is 8.98. The molecule has 0 aromatic heterocycles. The van der Waals surface area contributed by atoms with Crippen molar-refractivity contribution in [2.45, 2.75) is 33.2 Å². The highest BCUT2D eigenvalue weighted by atomic mass is 16.2. The number of carbonyl (C=O) groups excluding carboxylic acids is 1. The number of amides is 1. The third-order valence-corrected chi connectivity index (χ3v) is 6.84. The number of nitriles is 1. The Kier molecular flexibility index (Phi) is 8.13. The average Bonchev–Trinajstić information content (AvgIpc) is 2.92. The standard InChI is InChI=1S/C31H33N3O/c1-3-34(4-2)31(35)29-16-14-27(15-17-29)30(26-12-10-24(22-32)11-13-26)28-18-20-33(21-19-28)23-25-8-6-5-7-9-25/h5-17H,3-4,18-21,23H2,1-2H3. The molecule has 0 unspecified atom stereocenters. The molecular formula is C31H33N3O. The van der Waals surface area contributed by atoms with Crippen LogP contribution in [0.3, 0.4) is 0 Å². The summed E-state index contributed by atoms with van der Waals surface area (Å²) in [7, 11) is 0. The molecule has 4 nitrogen and oxygen atoms in total. The minimum absolute atomic E-state index is 0.0725. The van der Waals surface area contributed by atoms with Gasteiger partial charge in [-0.3, -0.25) is 9.69 Å². The summed E-state index contributed by atoms with van der Waals surface area (Å²) in [6.45, 7) is 8.43. The van der Waals surface area contributed by atoms with Gasteiger partial charge in [0.15, 0.2) is 0 Å². The molecule has 1 aliphatic rings. The van der Waals surface area contributed by atoms with E-state index >= 15 is 0 Å². The van der Waals surface area contributed by atoms with Gasteiger partial charge in [0.05, 0.1) is 11.6 Å². The molecule has 0 radical (unpaired) electrons. The number of nitrogens with zero attached hydrogens (tertiary/aromatic N) is 3. The summed E-state index contributed by atoms with van der Waals surface area (Å²) >= 11 is 0. The van der Waals surface area contributed by atoms with Gasteiger partial charge in [-0.2, -0.15) is 5.26 Å². The van der Waals surface area contributed by atoms with Gasteiger partial charge in [0.25, 0.3) is 5.91 Å². The molecule has 0 atom stereocenters. The second kappa shape index (κ2) is 11.6. The second-order valence-corrected chi connectivity index (χ2v) is 8.98. The Hall–Kier alpha value is -3.68. The van der Waals surface area contributed by atoms with E-state index in [0.717, 1.165) is 49.2 Å². The number of hydrogen-bond acceptors (Lipinski definition) is 3. The van der Waals surface area contributed by atoms with Gasteiger partial charge in [-0.15, -0.1) is 0 Å². The zero-order chi connectivity index (χ0) is 24.6. The summed E-state index contributed by atoms with van der Waals surface area (Å²) in [6.07, 6.45) is 2.00. The van der Waals surface area contributed by atoms with E-state index in [1.165, 1.54) is 16.7 Å². The van der Waals surface area contributed by atoms with Gasteiger partial charge in [0, 0.05) is 38.3 Å². The first kappa shape index (κ1) is 24.4. The highest BCUT2D eigenvalue weighted by Crippen LogP contribution is 2.33. The largest absolute Gasteiger partial charge is 0.339 e. The SMILES string of the molecule is CCN(CC)C(=O)c1ccc(C(=C2CCN(Cc3ccccc3)CC2)c2ccc(C#N)cc2)cc1. The fourth-order valence-electron chi connectivity index (χ4n) is 4.83. The summed E-state index contributed by atoms with van der Waals surface area (Å²) in [4.78, 5) is 17.2. The Bertz CT molecular complexity index is 1190. The lowest BCUT2D eigenvalue weighted by Crippen LogP contribution is -2.30. The van der Waals surface area contributed by atoms with Crippen LogP contribution in [-0.4, -0.2) is 41.9 Å². The molecule has 4 heteroatoms. The number of likely N-dealkylation sites (tertiary alicyclic amines) is 1. The quantitative estimate of drug-likeness (QED) is 0.423. The third-order valence-electron chi connectivity index (χ3n) is 6.84. The number of benzene rings is 3. The first-order valence-electron chi connectivity index (χ1n) is 12.5. The van der Waals surface area contributed by atoms with Crippen molar-refractivity contribution >= 4 is 11.5 Å². The molecule has 1 saturated heterocycles. The fourth-order valence-corrected chi connectivity index (χ4v) is 4.83. The van der Waals surface area contributed by atoms with Crippen molar-refractivity contribution in [1.82, 2.24) is 9.80 Å². The van der Waals surface area contributed by atoms with Crippen LogP contribution in [0, 0.1) is 11.3 Å². The summed E-state index contributed by atoms with van der Waals surface area (Å²) in [5.41, 5.74) is 7.64. The Morgan fingerprint density at radius 3 is 1.91 bits per heavy atom. The maximum atomic E-state index is 12.8. The van der Waals surface area contributed by atoms with E-state index in [4.69, 9.17) is 0 Å². The van der Waals surface area contributed by atoms with Crippen molar-refractivity contribution < 1.29 is 4.79 Å². The van der Waals surface area contributed by atoms with Crippen molar-refractivity contribution in [3.05, 3.63) is 112 Å². The highest BCUT2D eigenvalue weighted by Gasteiger charge is 2.20. The minimum Gasteiger partial charge on any atom is -0.339 e. The molecule has 1 aliphatic heterocycles. The van der Waals surface area contributed by atoms with Crippen molar-refractivity contribution in [2.75, 3.05) is 26.2 Å². The lowest BCUT2D eigenvalue weighted by Gasteiger charge is -2.30. The van der Waals surface area contributed by atoms with Crippen LogP contribution in [0.15, 0.2) is 84.4 Å². The van der Waals surface area contributed by atoms with E-state index in [9.17, 15) is 10.1 Å². The van der Waals surface area contributed by atoms with Gasteiger partial charge in [0.1, 0.15) is 0 Å². The van der Waals surface area contributed by atoms with Crippen LogP contribution < -0.4 is 0 Å². The molecule has 0 spiro atoms. The highest BCUT2D eigenvalue weighted by molar-refractivity contribution is 5.95. The fraction of sp³-hybridized carbons (Fsp3) is 0.290. The van der Waals surface area contributed by atoms with E-state index in [2.05, 4.69) is 53.4 Å². The van der Waals surface area contributed by atoms with Crippen molar-refractivity contribution in [1.29, 1.82) is 5.26 Å². The van der Waals surface area contributed by atoms with Gasteiger partial charge < -0.3 is 4.90 Å². The lowest BCUT2D eigenvalue weighted by molar-refractivity contribution is 0.0773. The lowest BCUT2D eigenvalue weighted by atomic mass is 9.87. The van der Waals surface area contributed by atoms with E-state index in [1.807, 2.05) is 55.1 Å². The van der Waals surface area contributed by atoms with Gasteiger partial charge in [0.2, 0.25) is 0 Å². The maximum absolute atomic E-state index is 12.8. The van der Waals surface area contributed by atoms with Crippen LogP contribution >= 0.6 is 0 Å². The number of piperidine rings is 1. The molecule has 3 aromatic carbocycles. The van der Waals surface area contributed by atoms with Crippen molar-refractivity contribution in [2.24, 2.45) is 0 Å². The zero-order valence-corrected chi connectivity index (χ0v) is 20.7. The van der Waals surface area contributed by atoms with Crippen LogP contribution in [0.2, 0.25) is 0 Å². The Balaban J connectivity index is 1.61. The molecule has 0 bridgehead atoms. The molecule has 4 rings (SSSR count). The van der Waals surface area contributed by atoms with Crippen LogP contribution in [0.4, 0.5) is 0 Å².